The summed E-state index contributed by atoms with van der Waals surface area (Å²) in [6.45, 7) is 2.78. The molecule has 0 atom stereocenters. The number of carbonyl (C=O) groups is 2. The molecule has 0 aliphatic rings. The van der Waals surface area contributed by atoms with Crippen LogP contribution in [0.2, 0.25) is 5.02 Å². The predicted molar refractivity (Wildman–Crippen MR) is 68.8 cm³/mol. The van der Waals surface area contributed by atoms with Crippen molar-refractivity contribution in [3.63, 3.8) is 0 Å². The smallest absolute Gasteiger partial charge is 0.282 e. The zero-order valence-corrected chi connectivity index (χ0v) is 11.0. The molecular weight excluding hydrogens is 274 g/mol. The van der Waals surface area contributed by atoms with Crippen LogP contribution in [0, 0.1) is 10.1 Å². The maximum atomic E-state index is 12.0. The van der Waals surface area contributed by atoms with Crippen LogP contribution in [0.3, 0.4) is 0 Å². The van der Waals surface area contributed by atoms with Crippen molar-refractivity contribution in [1.29, 1.82) is 0 Å². The fourth-order valence-electron chi connectivity index (χ4n) is 1.26. The lowest BCUT2D eigenvalue weighted by molar-refractivity contribution is -0.385. The first-order chi connectivity index (χ1) is 8.65. The largest absolute Gasteiger partial charge is 0.368 e. The number of nitrogens with one attached hydrogen (secondary N) is 1. The molecule has 0 radical (unpaired) electrons. The molecule has 8 heteroatoms. The lowest BCUT2D eigenvalue weighted by Crippen LogP contribution is -2.53. The lowest BCUT2D eigenvalue weighted by atomic mass is 10.0. The molecule has 102 valence electrons. The Labute approximate surface area is 113 Å². The van der Waals surface area contributed by atoms with E-state index in [4.69, 9.17) is 17.3 Å². The van der Waals surface area contributed by atoms with Gasteiger partial charge in [0.1, 0.15) is 11.1 Å². The van der Waals surface area contributed by atoms with Crippen molar-refractivity contribution < 1.29 is 14.5 Å². The van der Waals surface area contributed by atoms with E-state index in [1.165, 1.54) is 19.9 Å². The number of primary amides is 1. The molecule has 0 saturated carbocycles. The van der Waals surface area contributed by atoms with Gasteiger partial charge in [0.2, 0.25) is 5.91 Å². The van der Waals surface area contributed by atoms with E-state index in [2.05, 4.69) is 5.32 Å². The number of carbonyl (C=O) groups excluding carboxylic acids is 2. The Hall–Kier alpha value is -2.15. The van der Waals surface area contributed by atoms with Gasteiger partial charge in [0.05, 0.1) is 4.92 Å². The number of nitrogens with zero attached hydrogens (tertiary/aromatic N) is 1. The van der Waals surface area contributed by atoms with Crippen LogP contribution < -0.4 is 11.1 Å². The third-order valence-corrected chi connectivity index (χ3v) is 2.68. The van der Waals surface area contributed by atoms with Crippen molar-refractivity contribution in [2.24, 2.45) is 5.73 Å². The molecule has 19 heavy (non-hydrogen) atoms. The van der Waals surface area contributed by atoms with Crippen LogP contribution in [0.5, 0.6) is 0 Å². The van der Waals surface area contributed by atoms with E-state index >= 15 is 0 Å². The highest BCUT2D eigenvalue weighted by Gasteiger charge is 2.30. The highest BCUT2D eigenvalue weighted by Crippen LogP contribution is 2.23. The molecule has 7 nitrogen and oxygen atoms in total. The van der Waals surface area contributed by atoms with Crippen LogP contribution in [0.15, 0.2) is 18.2 Å². The fourth-order valence-corrected chi connectivity index (χ4v) is 1.43. The number of amides is 2. The van der Waals surface area contributed by atoms with Crippen molar-refractivity contribution in [1.82, 2.24) is 5.32 Å². The molecule has 0 saturated heterocycles. The standard InChI is InChI=1S/C11H12ClN3O4/c1-11(2,10(13)17)14-9(16)7-5-6(12)3-4-8(7)15(18)19/h3-5H,1-2H3,(H2,13,17)(H,14,16). The van der Waals surface area contributed by atoms with Gasteiger partial charge in [-0.2, -0.15) is 0 Å². The first-order valence-electron chi connectivity index (χ1n) is 5.21. The van der Waals surface area contributed by atoms with Gasteiger partial charge in [-0.05, 0) is 26.0 Å². The summed E-state index contributed by atoms with van der Waals surface area (Å²) in [4.78, 5) is 33.2. The first-order valence-corrected chi connectivity index (χ1v) is 5.59. The highest BCUT2D eigenvalue weighted by molar-refractivity contribution is 6.31. The quantitative estimate of drug-likeness (QED) is 0.639. The maximum Gasteiger partial charge on any atom is 0.282 e. The van der Waals surface area contributed by atoms with E-state index in [0.717, 1.165) is 12.1 Å². The predicted octanol–water partition coefficient (Wildman–Crippen LogP) is 1.24. The van der Waals surface area contributed by atoms with Crippen LogP contribution >= 0.6 is 11.6 Å². The third-order valence-electron chi connectivity index (χ3n) is 2.44. The van der Waals surface area contributed by atoms with Crippen molar-refractivity contribution in [3.05, 3.63) is 38.9 Å². The number of nitro groups is 1. The molecule has 1 rings (SSSR count). The van der Waals surface area contributed by atoms with Crippen LogP contribution in [0.4, 0.5) is 5.69 Å². The van der Waals surface area contributed by atoms with Gasteiger partial charge in [-0.15, -0.1) is 0 Å². The minimum Gasteiger partial charge on any atom is -0.368 e. The van der Waals surface area contributed by atoms with Gasteiger partial charge in [0.25, 0.3) is 11.6 Å². The molecule has 0 aromatic heterocycles. The van der Waals surface area contributed by atoms with Gasteiger partial charge >= 0.3 is 0 Å². The summed E-state index contributed by atoms with van der Waals surface area (Å²) in [5.41, 5.74) is 3.15. The average molecular weight is 286 g/mol. The third kappa shape index (κ3) is 3.41. The Kier molecular flexibility index (Phi) is 4.10. The summed E-state index contributed by atoms with van der Waals surface area (Å²) in [6, 6.07) is 3.58. The van der Waals surface area contributed by atoms with Crippen LogP contribution in [-0.2, 0) is 4.79 Å². The summed E-state index contributed by atoms with van der Waals surface area (Å²) in [5.74, 6) is -1.55. The molecule has 0 aliphatic heterocycles. The van der Waals surface area contributed by atoms with Crippen molar-refractivity contribution in [2.75, 3.05) is 0 Å². The molecule has 1 aromatic rings. The molecule has 0 spiro atoms. The van der Waals surface area contributed by atoms with E-state index in [1.807, 2.05) is 0 Å². The second kappa shape index (κ2) is 5.23. The summed E-state index contributed by atoms with van der Waals surface area (Å²) in [7, 11) is 0. The zero-order valence-electron chi connectivity index (χ0n) is 10.3. The highest BCUT2D eigenvalue weighted by atomic mass is 35.5. The molecule has 0 heterocycles. The van der Waals surface area contributed by atoms with E-state index in [9.17, 15) is 19.7 Å². The Balaban J connectivity index is 3.16. The lowest BCUT2D eigenvalue weighted by Gasteiger charge is -2.22. The number of nitro benzene ring substituents is 1. The van der Waals surface area contributed by atoms with Gasteiger partial charge in [-0.1, -0.05) is 11.6 Å². The van der Waals surface area contributed by atoms with Gasteiger partial charge in [0.15, 0.2) is 0 Å². The van der Waals surface area contributed by atoms with Gasteiger partial charge in [0, 0.05) is 11.1 Å². The minimum atomic E-state index is -1.33. The number of nitrogens with two attached hydrogens (primary N) is 1. The Morgan fingerprint density at radius 1 is 1.42 bits per heavy atom. The van der Waals surface area contributed by atoms with E-state index in [0.29, 0.717) is 0 Å². The summed E-state index contributed by atoms with van der Waals surface area (Å²) < 4.78 is 0. The monoisotopic (exact) mass is 285 g/mol. The molecular formula is C11H12ClN3O4. The molecule has 2 amide bonds. The molecule has 1 aromatic carbocycles. The number of hydrogen-bond donors (Lipinski definition) is 2. The second-order valence-corrected chi connectivity index (χ2v) is 4.80. The summed E-state index contributed by atoms with van der Waals surface area (Å²) >= 11 is 5.71. The number of benzene rings is 1. The van der Waals surface area contributed by atoms with Crippen LogP contribution in [0.25, 0.3) is 0 Å². The fraction of sp³-hybridized carbons (Fsp3) is 0.273. The normalized spacial score (nSPS) is 10.9. The van der Waals surface area contributed by atoms with Crippen molar-refractivity contribution >= 4 is 29.1 Å². The number of rotatable bonds is 4. The molecule has 0 bridgehead atoms. The topological polar surface area (TPSA) is 115 Å². The summed E-state index contributed by atoms with van der Waals surface area (Å²) in [5, 5.41) is 13.3. The number of hydrogen-bond acceptors (Lipinski definition) is 4. The van der Waals surface area contributed by atoms with Gasteiger partial charge in [-0.25, -0.2) is 0 Å². The Morgan fingerprint density at radius 3 is 2.47 bits per heavy atom. The maximum absolute atomic E-state index is 12.0. The summed E-state index contributed by atoms with van der Waals surface area (Å²) in [6.07, 6.45) is 0. The van der Waals surface area contributed by atoms with Crippen molar-refractivity contribution in [3.8, 4) is 0 Å². The van der Waals surface area contributed by atoms with Crippen LogP contribution in [0.1, 0.15) is 24.2 Å². The minimum absolute atomic E-state index is 0.174. The molecule has 3 N–H and O–H groups in total. The second-order valence-electron chi connectivity index (χ2n) is 4.36. The van der Waals surface area contributed by atoms with E-state index in [1.54, 1.807) is 0 Å². The van der Waals surface area contributed by atoms with E-state index < -0.39 is 28.0 Å². The number of halogens is 1. The van der Waals surface area contributed by atoms with Gasteiger partial charge in [-0.3, -0.25) is 19.7 Å². The van der Waals surface area contributed by atoms with Crippen molar-refractivity contribution in [2.45, 2.75) is 19.4 Å². The molecule has 0 unspecified atom stereocenters. The van der Waals surface area contributed by atoms with Crippen LogP contribution in [-0.4, -0.2) is 22.3 Å². The Bertz CT molecular complexity index is 557. The first kappa shape index (κ1) is 14.9. The molecule has 0 fully saturated rings. The molecule has 0 aliphatic carbocycles. The van der Waals surface area contributed by atoms with Gasteiger partial charge < -0.3 is 11.1 Å². The Morgan fingerprint density at radius 2 is 2.00 bits per heavy atom. The SMILES string of the molecule is CC(C)(NC(=O)c1cc(Cl)ccc1[N+](=O)[O-])C(N)=O. The van der Waals surface area contributed by atoms with E-state index in [-0.39, 0.29) is 10.6 Å². The average Bonchev–Trinajstić information content (AvgIpc) is 2.27. The zero-order chi connectivity index (χ0) is 14.8.